The molecule has 22 heavy (non-hydrogen) atoms. The predicted molar refractivity (Wildman–Crippen MR) is 75.9 cm³/mol. The standard InChI is InChI=1S/C15H13FN4O2/c1-10-7-11(4-5-13(10)16)20-9-14(18-19-20)15(21)17-8-12-3-2-6-22-12/h2-7,9H,8H2,1H3,(H,17,21). The Morgan fingerprint density at radius 2 is 2.27 bits per heavy atom. The Morgan fingerprint density at radius 1 is 1.41 bits per heavy atom. The first-order valence-corrected chi connectivity index (χ1v) is 6.63. The molecule has 0 aliphatic carbocycles. The maximum absolute atomic E-state index is 13.3. The summed E-state index contributed by atoms with van der Waals surface area (Å²) in [4.78, 5) is 12.0. The number of hydrogen-bond acceptors (Lipinski definition) is 4. The van der Waals surface area contributed by atoms with Gasteiger partial charge in [0.15, 0.2) is 5.69 Å². The summed E-state index contributed by atoms with van der Waals surface area (Å²) in [6.45, 7) is 1.93. The van der Waals surface area contributed by atoms with Gasteiger partial charge in [0, 0.05) is 0 Å². The minimum Gasteiger partial charge on any atom is -0.467 e. The van der Waals surface area contributed by atoms with Crippen molar-refractivity contribution < 1.29 is 13.6 Å². The predicted octanol–water partition coefficient (Wildman–Crippen LogP) is 2.24. The summed E-state index contributed by atoms with van der Waals surface area (Å²) < 4.78 is 19.8. The van der Waals surface area contributed by atoms with Gasteiger partial charge in [-0.05, 0) is 42.8 Å². The number of carbonyl (C=O) groups excluding carboxylic acids is 1. The van der Waals surface area contributed by atoms with E-state index in [1.165, 1.54) is 23.2 Å². The fraction of sp³-hybridized carbons (Fsp3) is 0.133. The Morgan fingerprint density at radius 3 is 3.00 bits per heavy atom. The highest BCUT2D eigenvalue weighted by Gasteiger charge is 2.12. The van der Waals surface area contributed by atoms with Crippen LogP contribution in [0.3, 0.4) is 0 Å². The second kappa shape index (κ2) is 5.80. The van der Waals surface area contributed by atoms with E-state index in [2.05, 4.69) is 15.6 Å². The first-order chi connectivity index (χ1) is 10.6. The van der Waals surface area contributed by atoms with Crippen molar-refractivity contribution in [3.63, 3.8) is 0 Å². The van der Waals surface area contributed by atoms with Crippen molar-refractivity contribution in [2.24, 2.45) is 0 Å². The Kier molecular flexibility index (Phi) is 3.69. The van der Waals surface area contributed by atoms with Crippen LogP contribution in [-0.2, 0) is 6.54 Å². The number of nitrogens with one attached hydrogen (secondary N) is 1. The number of furan rings is 1. The molecule has 3 aromatic rings. The van der Waals surface area contributed by atoms with Gasteiger partial charge < -0.3 is 9.73 Å². The van der Waals surface area contributed by atoms with Gasteiger partial charge in [-0.1, -0.05) is 5.21 Å². The average molecular weight is 300 g/mol. The molecule has 0 radical (unpaired) electrons. The summed E-state index contributed by atoms with van der Waals surface area (Å²) in [5.41, 5.74) is 1.31. The van der Waals surface area contributed by atoms with Crippen LogP contribution in [0.5, 0.6) is 0 Å². The van der Waals surface area contributed by atoms with E-state index in [0.29, 0.717) is 17.0 Å². The van der Waals surface area contributed by atoms with Crippen molar-refractivity contribution in [2.75, 3.05) is 0 Å². The maximum atomic E-state index is 13.3. The highest BCUT2D eigenvalue weighted by Crippen LogP contribution is 2.13. The molecule has 3 rings (SSSR count). The number of halogens is 1. The summed E-state index contributed by atoms with van der Waals surface area (Å²) >= 11 is 0. The highest BCUT2D eigenvalue weighted by molar-refractivity contribution is 5.91. The van der Waals surface area contributed by atoms with E-state index in [0.717, 1.165) is 0 Å². The summed E-state index contributed by atoms with van der Waals surface area (Å²) in [5, 5.41) is 10.4. The first-order valence-electron chi connectivity index (χ1n) is 6.63. The largest absolute Gasteiger partial charge is 0.467 e. The van der Waals surface area contributed by atoms with Crippen molar-refractivity contribution in [1.29, 1.82) is 0 Å². The van der Waals surface area contributed by atoms with E-state index in [1.54, 1.807) is 31.2 Å². The van der Waals surface area contributed by atoms with Crippen LogP contribution in [0.15, 0.2) is 47.2 Å². The smallest absolute Gasteiger partial charge is 0.273 e. The summed E-state index contributed by atoms with van der Waals surface area (Å²) in [6, 6.07) is 8.06. The molecule has 0 fully saturated rings. The van der Waals surface area contributed by atoms with E-state index in [4.69, 9.17) is 4.42 Å². The molecule has 0 spiro atoms. The Balaban J connectivity index is 1.72. The SMILES string of the molecule is Cc1cc(-n2cc(C(=O)NCc3ccco3)nn2)ccc1F. The van der Waals surface area contributed by atoms with Gasteiger partial charge in [-0.3, -0.25) is 4.79 Å². The number of benzene rings is 1. The molecule has 0 bridgehead atoms. The highest BCUT2D eigenvalue weighted by atomic mass is 19.1. The molecule has 2 heterocycles. The molecule has 1 N–H and O–H groups in total. The molecule has 2 aromatic heterocycles. The van der Waals surface area contributed by atoms with Crippen molar-refractivity contribution in [2.45, 2.75) is 13.5 Å². The molecule has 112 valence electrons. The van der Waals surface area contributed by atoms with Gasteiger partial charge in [0.1, 0.15) is 11.6 Å². The van der Waals surface area contributed by atoms with Gasteiger partial charge in [0.2, 0.25) is 0 Å². The van der Waals surface area contributed by atoms with E-state index in [-0.39, 0.29) is 24.0 Å². The number of rotatable bonds is 4. The molecule has 0 aliphatic rings. The van der Waals surface area contributed by atoms with Gasteiger partial charge in [-0.2, -0.15) is 0 Å². The van der Waals surface area contributed by atoms with Gasteiger partial charge in [-0.25, -0.2) is 9.07 Å². The monoisotopic (exact) mass is 300 g/mol. The van der Waals surface area contributed by atoms with Crippen LogP contribution in [0.2, 0.25) is 0 Å². The molecule has 1 aromatic carbocycles. The number of aromatic nitrogens is 3. The number of amides is 1. The zero-order valence-corrected chi connectivity index (χ0v) is 11.8. The number of carbonyl (C=O) groups is 1. The van der Waals surface area contributed by atoms with Gasteiger partial charge >= 0.3 is 0 Å². The van der Waals surface area contributed by atoms with Crippen LogP contribution in [-0.4, -0.2) is 20.9 Å². The van der Waals surface area contributed by atoms with Crippen LogP contribution in [0.25, 0.3) is 5.69 Å². The van der Waals surface area contributed by atoms with Crippen LogP contribution in [0.1, 0.15) is 21.8 Å². The van der Waals surface area contributed by atoms with Crippen LogP contribution in [0, 0.1) is 12.7 Å². The molecular formula is C15H13FN4O2. The Hall–Kier alpha value is -2.96. The Labute approximate surface area is 125 Å². The minimum absolute atomic E-state index is 0.175. The molecule has 0 saturated heterocycles. The molecule has 7 heteroatoms. The van der Waals surface area contributed by atoms with E-state index >= 15 is 0 Å². The third-order valence-corrected chi connectivity index (χ3v) is 3.14. The lowest BCUT2D eigenvalue weighted by molar-refractivity contribution is 0.0943. The first kappa shape index (κ1) is 14.0. The maximum Gasteiger partial charge on any atom is 0.273 e. The quantitative estimate of drug-likeness (QED) is 0.802. The number of nitrogens with zero attached hydrogens (tertiary/aromatic N) is 3. The van der Waals surface area contributed by atoms with Gasteiger partial charge in [0.05, 0.1) is 24.7 Å². The summed E-state index contributed by atoms with van der Waals surface area (Å²) in [7, 11) is 0. The van der Waals surface area contributed by atoms with Crippen molar-refractivity contribution in [1.82, 2.24) is 20.3 Å². The summed E-state index contributed by atoms with van der Waals surface area (Å²) in [6.07, 6.45) is 3.03. The second-order valence-electron chi connectivity index (χ2n) is 4.74. The van der Waals surface area contributed by atoms with Crippen LogP contribution in [0.4, 0.5) is 4.39 Å². The van der Waals surface area contributed by atoms with Gasteiger partial charge in [0.25, 0.3) is 5.91 Å². The minimum atomic E-state index is -0.360. The molecule has 0 atom stereocenters. The van der Waals surface area contributed by atoms with Crippen molar-refractivity contribution >= 4 is 5.91 Å². The lowest BCUT2D eigenvalue weighted by Gasteiger charge is -2.02. The molecule has 0 unspecified atom stereocenters. The van der Waals surface area contributed by atoms with Crippen LogP contribution >= 0.6 is 0 Å². The lowest BCUT2D eigenvalue weighted by Crippen LogP contribution is -2.22. The van der Waals surface area contributed by atoms with Crippen LogP contribution < -0.4 is 5.32 Å². The topological polar surface area (TPSA) is 73.0 Å². The van der Waals surface area contributed by atoms with E-state index < -0.39 is 0 Å². The van der Waals surface area contributed by atoms with E-state index in [9.17, 15) is 9.18 Å². The third kappa shape index (κ3) is 2.88. The number of hydrogen-bond donors (Lipinski definition) is 1. The molecular weight excluding hydrogens is 287 g/mol. The zero-order valence-electron chi connectivity index (χ0n) is 11.8. The summed E-state index contributed by atoms with van der Waals surface area (Å²) in [5.74, 6) is -0.00309. The zero-order chi connectivity index (χ0) is 15.5. The third-order valence-electron chi connectivity index (χ3n) is 3.14. The second-order valence-corrected chi connectivity index (χ2v) is 4.74. The van der Waals surface area contributed by atoms with E-state index in [1.807, 2.05) is 0 Å². The normalized spacial score (nSPS) is 10.6. The number of aryl methyl sites for hydroxylation is 1. The molecule has 0 saturated carbocycles. The van der Waals surface area contributed by atoms with Crippen molar-refractivity contribution in [3.05, 3.63) is 65.6 Å². The fourth-order valence-electron chi connectivity index (χ4n) is 1.94. The fourth-order valence-corrected chi connectivity index (χ4v) is 1.94. The average Bonchev–Trinajstić information content (AvgIpc) is 3.18. The van der Waals surface area contributed by atoms with Gasteiger partial charge in [-0.15, -0.1) is 5.10 Å². The Bertz CT molecular complexity index is 796. The lowest BCUT2D eigenvalue weighted by atomic mass is 10.2. The molecule has 1 amide bonds. The molecule has 0 aliphatic heterocycles. The van der Waals surface area contributed by atoms with Crippen molar-refractivity contribution in [3.8, 4) is 5.69 Å². The molecule has 6 nitrogen and oxygen atoms in total.